The van der Waals surface area contributed by atoms with Crippen LogP contribution in [0.2, 0.25) is 0 Å². The third-order valence-corrected chi connectivity index (χ3v) is 2.97. The van der Waals surface area contributed by atoms with Crippen molar-refractivity contribution in [1.82, 2.24) is 20.4 Å². The zero-order valence-electron chi connectivity index (χ0n) is 11.5. The second kappa shape index (κ2) is 5.79. The SMILES string of the molecule is CNC(C)CNC(=O)C(C)(C)n1cc([N+](=O)[O-])cn1. The Morgan fingerprint density at radius 3 is 2.74 bits per heavy atom. The molecule has 0 aromatic carbocycles. The van der Waals surface area contributed by atoms with Crippen molar-refractivity contribution < 1.29 is 9.72 Å². The number of hydrogen-bond donors (Lipinski definition) is 2. The summed E-state index contributed by atoms with van der Waals surface area (Å²) in [5, 5.41) is 20.3. The van der Waals surface area contributed by atoms with Crippen molar-refractivity contribution in [3.8, 4) is 0 Å². The molecule has 0 spiro atoms. The van der Waals surface area contributed by atoms with Crippen molar-refractivity contribution in [2.75, 3.05) is 13.6 Å². The van der Waals surface area contributed by atoms with Gasteiger partial charge in [-0.2, -0.15) is 5.10 Å². The molecular weight excluding hydrogens is 250 g/mol. The highest BCUT2D eigenvalue weighted by Gasteiger charge is 2.31. The van der Waals surface area contributed by atoms with Gasteiger partial charge in [0.15, 0.2) is 0 Å². The predicted molar refractivity (Wildman–Crippen MR) is 69.7 cm³/mol. The minimum absolute atomic E-state index is 0.135. The molecule has 0 bridgehead atoms. The molecule has 1 rings (SSSR count). The van der Waals surface area contributed by atoms with Crippen LogP contribution in [0.5, 0.6) is 0 Å². The van der Waals surface area contributed by atoms with Crippen LogP contribution in [0, 0.1) is 10.1 Å². The van der Waals surface area contributed by atoms with Crippen molar-refractivity contribution in [2.24, 2.45) is 0 Å². The Kier molecular flexibility index (Phi) is 4.60. The van der Waals surface area contributed by atoms with Crippen LogP contribution < -0.4 is 10.6 Å². The Balaban J connectivity index is 2.77. The summed E-state index contributed by atoms with van der Waals surface area (Å²) in [4.78, 5) is 22.2. The first-order chi connectivity index (χ1) is 8.78. The predicted octanol–water partition coefficient (Wildman–Crippen LogP) is 0.251. The van der Waals surface area contributed by atoms with E-state index in [-0.39, 0.29) is 17.6 Å². The van der Waals surface area contributed by atoms with Crippen LogP contribution in [0.15, 0.2) is 12.4 Å². The molecule has 0 saturated heterocycles. The first-order valence-corrected chi connectivity index (χ1v) is 5.94. The summed E-state index contributed by atoms with van der Waals surface area (Å²) in [7, 11) is 1.80. The minimum atomic E-state index is -0.984. The van der Waals surface area contributed by atoms with E-state index in [1.54, 1.807) is 20.9 Å². The number of rotatable bonds is 6. The number of carbonyl (C=O) groups excluding carboxylic acids is 1. The largest absolute Gasteiger partial charge is 0.352 e. The van der Waals surface area contributed by atoms with Crippen LogP contribution in [-0.2, 0) is 10.3 Å². The van der Waals surface area contributed by atoms with E-state index in [2.05, 4.69) is 15.7 Å². The maximum Gasteiger partial charge on any atom is 0.307 e. The van der Waals surface area contributed by atoms with E-state index in [1.165, 1.54) is 10.9 Å². The zero-order valence-corrected chi connectivity index (χ0v) is 11.5. The molecule has 8 nitrogen and oxygen atoms in total. The molecule has 1 heterocycles. The maximum absolute atomic E-state index is 12.1. The molecule has 1 aromatic rings. The fraction of sp³-hybridized carbons (Fsp3) is 0.636. The van der Waals surface area contributed by atoms with Crippen molar-refractivity contribution in [3.05, 3.63) is 22.5 Å². The molecule has 0 aliphatic rings. The highest BCUT2D eigenvalue weighted by molar-refractivity contribution is 5.83. The lowest BCUT2D eigenvalue weighted by atomic mass is 10.1. The van der Waals surface area contributed by atoms with Gasteiger partial charge in [-0.3, -0.25) is 19.6 Å². The van der Waals surface area contributed by atoms with Crippen LogP contribution in [0.25, 0.3) is 0 Å². The van der Waals surface area contributed by atoms with Gasteiger partial charge in [-0.1, -0.05) is 0 Å². The Hall–Kier alpha value is -1.96. The molecular formula is C11H19N5O3. The number of nitrogens with zero attached hydrogens (tertiary/aromatic N) is 3. The third-order valence-electron chi connectivity index (χ3n) is 2.97. The molecule has 106 valence electrons. The number of likely N-dealkylation sites (N-methyl/N-ethyl adjacent to an activating group) is 1. The first kappa shape index (κ1) is 15.1. The van der Waals surface area contributed by atoms with Crippen molar-refractivity contribution in [2.45, 2.75) is 32.4 Å². The average molecular weight is 269 g/mol. The Morgan fingerprint density at radius 1 is 1.63 bits per heavy atom. The van der Waals surface area contributed by atoms with Gasteiger partial charge in [0.1, 0.15) is 17.9 Å². The average Bonchev–Trinajstić information content (AvgIpc) is 2.85. The number of nitrogens with one attached hydrogen (secondary N) is 2. The number of carbonyl (C=O) groups is 1. The quantitative estimate of drug-likeness (QED) is 0.569. The van der Waals surface area contributed by atoms with Gasteiger partial charge in [-0.05, 0) is 27.8 Å². The molecule has 1 atom stereocenters. The normalized spacial score (nSPS) is 13.1. The van der Waals surface area contributed by atoms with Gasteiger partial charge in [0.05, 0.1) is 4.92 Å². The second-order valence-corrected chi connectivity index (χ2v) is 4.86. The molecule has 0 fully saturated rings. The van der Waals surface area contributed by atoms with E-state index in [4.69, 9.17) is 0 Å². The fourth-order valence-electron chi connectivity index (χ4n) is 1.38. The van der Waals surface area contributed by atoms with Crippen molar-refractivity contribution in [3.63, 3.8) is 0 Å². The topological polar surface area (TPSA) is 102 Å². The van der Waals surface area contributed by atoms with Gasteiger partial charge < -0.3 is 10.6 Å². The number of amides is 1. The number of hydrogen-bond acceptors (Lipinski definition) is 5. The van der Waals surface area contributed by atoms with Crippen LogP contribution in [0.1, 0.15) is 20.8 Å². The van der Waals surface area contributed by atoms with Gasteiger partial charge in [-0.15, -0.1) is 0 Å². The molecule has 1 amide bonds. The van der Waals surface area contributed by atoms with E-state index < -0.39 is 10.5 Å². The lowest BCUT2D eigenvalue weighted by Gasteiger charge is -2.24. The first-order valence-electron chi connectivity index (χ1n) is 5.94. The Bertz CT molecular complexity index is 469. The Labute approximate surface area is 111 Å². The van der Waals surface area contributed by atoms with Gasteiger partial charge >= 0.3 is 5.69 Å². The van der Waals surface area contributed by atoms with Crippen LogP contribution in [0.4, 0.5) is 5.69 Å². The maximum atomic E-state index is 12.1. The summed E-state index contributed by atoms with van der Waals surface area (Å²) in [6.45, 7) is 5.72. The second-order valence-electron chi connectivity index (χ2n) is 4.86. The molecule has 8 heteroatoms. The monoisotopic (exact) mass is 269 g/mol. The van der Waals surface area contributed by atoms with Crippen LogP contribution in [-0.4, -0.2) is 40.2 Å². The summed E-state index contributed by atoms with van der Waals surface area (Å²) >= 11 is 0. The molecule has 0 saturated carbocycles. The summed E-state index contributed by atoms with van der Waals surface area (Å²) in [6, 6.07) is 0.145. The molecule has 2 N–H and O–H groups in total. The highest BCUT2D eigenvalue weighted by Crippen LogP contribution is 2.18. The standard InChI is InChI=1S/C11H19N5O3/c1-8(12-4)5-13-10(17)11(2,3)15-7-9(6-14-15)16(18)19/h6-8,12H,5H2,1-4H3,(H,13,17). The van der Waals surface area contributed by atoms with Crippen molar-refractivity contribution in [1.29, 1.82) is 0 Å². The highest BCUT2D eigenvalue weighted by atomic mass is 16.6. The van der Waals surface area contributed by atoms with E-state index in [0.29, 0.717) is 6.54 Å². The van der Waals surface area contributed by atoms with Gasteiger partial charge in [0.2, 0.25) is 5.91 Å². The molecule has 0 aliphatic carbocycles. The summed E-state index contributed by atoms with van der Waals surface area (Å²) in [6.07, 6.45) is 2.38. The summed E-state index contributed by atoms with van der Waals surface area (Å²) in [5.41, 5.74) is -1.12. The molecule has 19 heavy (non-hydrogen) atoms. The lowest BCUT2D eigenvalue weighted by molar-refractivity contribution is -0.385. The zero-order chi connectivity index (χ0) is 14.6. The lowest BCUT2D eigenvalue weighted by Crippen LogP contribution is -2.48. The third kappa shape index (κ3) is 3.50. The smallest absolute Gasteiger partial charge is 0.307 e. The molecule has 0 radical (unpaired) electrons. The van der Waals surface area contributed by atoms with E-state index in [0.717, 1.165) is 6.20 Å². The van der Waals surface area contributed by atoms with Gasteiger partial charge in [-0.25, -0.2) is 0 Å². The van der Waals surface area contributed by atoms with E-state index in [9.17, 15) is 14.9 Å². The van der Waals surface area contributed by atoms with Gasteiger partial charge in [0.25, 0.3) is 0 Å². The minimum Gasteiger partial charge on any atom is -0.352 e. The van der Waals surface area contributed by atoms with Crippen LogP contribution in [0.3, 0.4) is 0 Å². The fourth-order valence-corrected chi connectivity index (χ4v) is 1.38. The number of aromatic nitrogens is 2. The van der Waals surface area contributed by atoms with E-state index in [1.807, 2.05) is 6.92 Å². The van der Waals surface area contributed by atoms with Crippen molar-refractivity contribution >= 4 is 11.6 Å². The molecule has 1 aromatic heterocycles. The van der Waals surface area contributed by atoms with E-state index >= 15 is 0 Å². The summed E-state index contributed by atoms with van der Waals surface area (Å²) < 4.78 is 1.30. The Morgan fingerprint density at radius 2 is 2.26 bits per heavy atom. The molecule has 0 aliphatic heterocycles. The van der Waals surface area contributed by atoms with Gasteiger partial charge in [0, 0.05) is 12.6 Å². The number of nitro groups is 1. The molecule has 1 unspecified atom stereocenters. The summed E-state index contributed by atoms with van der Waals surface area (Å²) in [5.74, 6) is -0.243. The van der Waals surface area contributed by atoms with Crippen LogP contribution >= 0.6 is 0 Å².